The second-order valence-electron chi connectivity index (χ2n) is 9.35. The Morgan fingerprint density at radius 3 is 1.85 bits per heavy atom. The van der Waals surface area contributed by atoms with Crippen molar-refractivity contribution in [1.82, 2.24) is 5.32 Å². The smallest absolute Gasteiger partial charge is 0.319 e. The summed E-state index contributed by atoms with van der Waals surface area (Å²) in [6.07, 6.45) is 19.8. The van der Waals surface area contributed by atoms with Gasteiger partial charge in [-0.2, -0.15) is 0 Å². The summed E-state index contributed by atoms with van der Waals surface area (Å²) in [7, 11) is 0. The molecule has 0 saturated heterocycles. The summed E-state index contributed by atoms with van der Waals surface area (Å²) in [4.78, 5) is 12.4. The Labute approximate surface area is 218 Å². The lowest BCUT2D eigenvalue weighted by Gasteiger charge is -2.17. The Morgan fingerprint density at radius 2 is 1.29 bits per heavy atom. The van der Waals surface area contributed by atoms with E-state index in [9.17, 15) is 4.79 Å². The molecule has 0 radical (unpaired) electrons. The molecule has 0 fully saturated rings. The van der Waals surface area contributed by atoms with Gasteiger partial charge in [-0.25, -0.2) is 4.79 Å². The van der Waals surface area contributed by atoms with Crippen LogP contribution >= 0.6 is 23.2 Å². The molecule has 0 spiro atoms. The van der Waals surface area contributed by atoms with Crippen LogP contribution in [-0.4, -0.2) is 19.2 Å². The Bertz CT molecular complexity index is 683. The van der Waals surface area contributed by atoms with Crippen LogP contribution in [0.15, 0.2) is 6.07 Å². The lowest BCUT2D eigenvalue weighted by Crippen LogP contribution is -2.29. The third-order valence-electron chi connectivity index (χ3n) is 6.21. The molecular formula is C28H48Cl2N2O2. The number of rotatable bonds is 20. The number of unbranched alkanes of at least 4 members (excludes halogenated alkanes) is 14. The van der Waals surface area contributed by atoms with Gasteiger partial charge in [0.05, 0.1) is 17.3 Å². The molecule has 0 unspecified atom stereocenters. The van der Waals surface area contributed by atoms with Crippen LogP contribution in [-0.2, 0) is 0 Å². The van der Waals surface area contributed by atoms with E-state index in [1.54, 1.807) is 6.07 Å². The van der Waals surface area contributed by atoms with Gasteiger partial charge in [-0.05, 0) is 31.4 Å². The third kappa shape index (κ3) is 13.7. The Morgan fingerprint density at radius 1 is 0.794 bits per heavy atom. The van der Waals surface area contributed by atoms with Crippen molar-refractivity contribution in [3.63, 3.8) is 0 Å². The number of nitrogens with one attached hydrogen (secondary N) is 2. The van der Waals surface area contributed by atoms with E-state index in [1.165, 1.54) is 77.0 Å². The molecule has 0 aliphatic rings. The average molecular weight is 516 g/mol. The van der Waals surface area contributed by atoms with Crippen molar-refractivity contribution in [1.29, 1.82) is 0 Å². The number of hydrogen-bond acceptors (Lipinski definition) is 2. The first-order chi connectivity index (χ1) is 16.5. The standard InChI is InChI=1S/C28H48Cl2N2O2/c1-4-6-8-10-12-13-14-15-16-18-20-31-28(33)32-25-22-24(29)23(3)26(30)27(25)34-21-19-17-11-9-7-5-2/h22H,4-21H2,1-3H3,(H2,31,32,33). The van der Waals surface area contributed by atoms with Crippen LogP contribution in [0.25, 0.3) is 0 Å². The van der Waals surface area contributed by atoms with Crippen molar-refractivity contribution in [2.45, 2.75) is 124 Å². The summed E-state index contributed by atoms with van der Waals surface area (Å²) in [6, 6.07) is 1.47. The van der Waals surface area contributed by atoms with Crippen LogP contribution < -0.4 is 15.4 Å². The minimum Gasteiger partial charge on any atom is -0.490 e. The molecule has 0 bridgehead atoms. The molecule has 0 heterocycles. The van der Waals surface area contributed by atoms with E-state index >= 15 is 0 Å². The summed E-state index contributed by atoms with van der Waals surface area (Å²) in [5.74, 6) is 0.506. The van der Waals surface area contributed by atoms with Gasteiger partial charge in [0.15, 0.2) is 5.75 Å². The highest BCUT2D eigenvalue weighted by Gasteiger charge is 2.16. The maximum Gasteiger partial charge on any atom is 0.319 e. The zero-order valence-corrected chi connectivity index (χ0v) is 23.4. The molecule has 34 heavy (non-hydrogen) atoms. The molecule has 196 valence electrons. The molecule has 2 N–H and O–H groups in total. The number of hydrogen-bond donors (Lipinski definition) is 2. The summed E-state index contributed by atoms with van der Waals surface area (Å²) < 4.78 is 5.99. The summed E-state index contributed by atoms with van der Waals surface area (Å²) in [5.41, 5.74) is 1.28. The monoisotopic (exact) mass is 514 g/mol. The van der Waals surface area contributed by atoms with Gasteiger partial charge in [-0.15, -0.1) is 0 Å². The van der Waals surface area contributed by atoms with Gasteiger partial charge in [0.25, 0.3) is 0 Å². The van der Waals surface area contributed by atoms with Crippen LogP contribution in [0.2, 0.25) is 10.0 Å². The van der Waals surface area contributed by atoms with E-state index in [4.69, 9.17) is 27.9 Å². The highest BCUT2D eigenvalue weighted by molar-refractivity contribution is 6.37. The molecule has 6 heteroatoms. The number of carbonyl (C=O) groups excluding carboxylic acids is 1. The normalized spacial score (nSPS) is 11.0. The van der Waals surface area contributed by atoms with Gasteiger partial charge < -0.3 is 15.4 Å². The van der Waals surface area contributed by atoms with Crippen LogP contribution in [0.1, 0.15) is 122 Å². The van der Waals surface area contributed by atoms with Gasteiger partial charge in [0.2, 0.25) is 0 Å². The molecule has 0 aromatic heterocycles. The number of benzene rings is 1. The van der Waals surface area contributed by atoms with Crippen LogP contribution in [0.3, 0.4) is 0 Å². The SMILES string of the molecule is CCCCCCCCCCCCNC(=O)Nc1cc(Cl)c(C)c(Cl)c1OCCCCCCCC. The molecule has 1 rings (SSSR count). The molecule has 0 aliphatic heterocycles. The predicted octanol–water partition coefficient (Wildman–Crippen LogP) is 10.1. The van der Waals surface area contributed by atoms with Crippen molar-refractivity contribution < 1.29 is 9.53 Å². The summed E-state index contributed by atoms with van der Waals surface area (Å²) in [5, 5.41) is 6.80. The van der Waals surface area contributed by atoms with Gasteiger partial charge in [0.1, 0.15) is 0 Å². The highest BCUT2D eigenvalue weighted by atomic mass is 35.5. The van der Waals surface area contributed by atoms with Crippen molar-refractivity contribution in [3.05, 3.63) is 21.7 Å². The molecule has 0 atom stereocenters. The third-order valence-corrected chi connectivity index (χ3v) is 7.06. The van der Waals surface area contributed by atoms with Crippen molar-refractivity contribution >= 4 is 34.9 Å². The number of halogens is 2. The Kier molecular flexibility index (Phi) is 18.3. The quantitative estimate of drug-likeness (QED) is 0.170. The second kappa shape index (κ2) is 20.1. The second-order valence-corrected chi connectivity index (χ2v) is 10.1. The first-order valence-electron chi connectivity index (χ1n) is 13.7. The molecule has 4 nitrogen and oxygen atoms in total. The highest BCUT2D eigenvalue weighted by Crippen LogP contribution is 2.40. The molecular weight excluding hydrogens is 467 g/mol. The predicted molar refractivity (Wildman–Crippen MR) is 149 cm³/mol. The maximum absolute atomic E-state index is 12.4. The summed E-state index contributed by atoms with van der Waals surface area (Å²) in [6.45, 7) is 7.56. The van der Waals surface area contributed by atoms with E-state index in [0.717, 1.165) is 31.2 Å². The molecule has 0 aliphatic carbocycles. The fourth-order valence-corrected chi connectivity index (χ4v) is 4.48. The first-order valence-corrected chi connectivity index (χ1v) is 14.4. The first kappa shape index (κ1) is 30.9. The number of carbonyl (C=O) groups is 1. The van der Waals surface area contributed by atoms with Gasteiger partial charge in [-0.1, -0.05) is 127 Å². The lowest BCUT2D eigenvalue weighted by molar-refractivity contribution is 0.251. The van der Waals surface area contributed by atoms with Gasteiger partial charge in [0, 0.05) is 11.6 Å². The van der Waals surface area contributed by atoms with E-state index in [2.05, 4.69) is 24.5 Å². The van der Waals surface area contributed by atoms with Crippen molar-refractivity contribution in [3.8, 4) is 5.75 Å². The lowest BCUT2D eigenvalue weighted by atomic mass is 10.1. The molecule has 0 saturated carbocycles. The van der Waals surface area contributed by atoms with Crippen molar-refractivity contribution in [2.24, 2.45) is 0 Å². The fraction of sp³-hybridized carbons (Fsp3) is 0.750. The Hall–Kier alpha value is -1.13. The van der Waals surface area contributed by atoms with Crippen LogP contribution in [0, 0.1) is 6.92 Å². The maximum atomic E-state index is 12.4. The van der Waals surface area contributed by atoms with Gasteiger partial charge >= 0.3 is 6.03 Å². The van der Waals surface area contributed by atoms with Gasteiger partial charge in [-0.3, -0.25) is 0 Å². The summed E-state index contributed by atoms with van der Waals surface area (Å²) >= 11 is 12.8. The van der Waals surface area contributed by atoms with E-state index < -0.39 is 0 Å². The zero-order chi connectivity index (χ0) is 25.0. The average Bonchev–Trinajstić information content (AvgIpc) is 2.82. The van der Waals surface area contributed by atoms with Crippen LogP contribution in [0.5, 0.6) is 5.75 Å². The topological polar surface area (TPSA) is 50.4 Å². The minimum atomic E-state index is -0.253. The molecule has 2 amide bonds. The molecule has 1 aromatic rings. The Balaban J connectivity index is 2.35. The van der Waals surface area contributed by atoms with E-state index in [-0.39, 0.29) is 6.03 Å². The number of ether oxygens (including phenoxy) is 1. The van der Waals surface area contributed by atoms with E-state index in [0.29, 0.717) is 34.6 Å². The molecule has 1 aromatic carbocycles. The fourth-order valence-electron chi connectivity index (χ4n) is 3.97. The van der Waals surface area contributed by atoms with Crippen molar-refractivity contribution in [2.75, 3.05) is 18.5 Å². The number of urea groups is 1. The zero-order valence-electron chi connectivity index (χ0n) is 21.9. The van der Waals surface area contributed by atoms with E-state index in [1.807, 2.05) is 6.92 Å². The number of amides is 2. The number of anilines is 1. The largest absolute Gasteiger partial charge is 0.490 e. The van der Waals surface area contributed by atoms with Crippen LogP contribution in [0.4, 0.5) is 10.5 Å². The minimum absolute atomic E-state index is 0.253.